The summed E-state index contributed by atoms with van der Waals surface area (Å²) in [4.78, 5) is 0. The molecule has 112 valence electrons. The minimum absolute atomic E-state index is 0.217. The maximum atomic E-state index is 5.86. The van der Waals surface area contributed by atoms with Gasteiger partial charge in [-0.1, -0.05) is 52.0 Å². The van der Waals surface area contributed by atoms with Crippen LogP contribution in [0.3, 0.4) is 0 Å². The van der Waals surface area contributed by atoms with Crippen LogP contribution in [-0.2, 0) is 10.2 Å². The lowest BCUT2D eigenvalue weighted by atomic mass is 9.86. The summed E-state index contributed by atoms with van der Waals surface area (Å²) in [5.74, 6) is 0.834. The van der Waals surface area contributed by atoms with Crippen LogP contribution < -0.4 is 5.32 Å². The van der Waals surface area contributed by atoms with Crippen molar-refractivity contribution in [3.8, 4) is 0 Å². The molecule has 0 saturated heterocycles. The van der Waals surface area contributed by atoms with Crippen LogP contribution >= 0.6 is 0 Å². The van der Waals surface area contributed by atoms with Gasteiger partial charge in [-0.3, -0.25) is 0 Å². The number of hydrogen-bond acceptors (Lipinski definition) is 2. The molecule has 1 saturated carbocycles. The van der Waals surface area contributed by atoms with Gasteiger partial charge in [0.2, 0.25) is 0 Å². The lowest BCUT2D eigenvalue weighted by Gasteiger charge is -2.22. The maximum Gasteiger partial charge on any atom is 0.0661 e. The summed E-state index contributed by atoms with van der Waals surface area (Å²) in [5.41, 5.74) is 2.93. The molecule has 1 fully saturated rings. The topological polar surface area (TPSA) is 21.3 Å². The van der Waals surface area contributed by atoms with E-state index in [1.807, 2.05) is 0 Å². The van der Waals surface area contributed by atoms with Crippen LogP contribution in [0, 0.1) is 5.92 Å². The molecular weight excluding hydrogens is 246 g/mol. The van der Waals surface area contributed by atoms with Crippen molar-refractivity contribution in [3.05, 3.63) is 35.4 Å². The molecule has 0 aromatic heterocycles. The summed E-state index contributed by atoms with van der Waals surface area (Å²) in [6.07, 6.45) is 2.71. The first-order valence-electron chi connectivity index (χ1n) is 7.92. The van der Waals surface area contributed by atoms with Gasteiger partial charge in [0.05, 0.1) is 12.6 Å². The monoisotopic (exact) mass is 275 g/mol. The number of nitrogens with one attached hydrogen (secondary N) is 1. The molecule has 1 N–H and O–H groups in total. The van der Waals surface area contributed by atoms with Crippen molar-refractivity contribution in [1.82, 2.24) is 5.32 Å². The van der Waals surface area contributed by atoms with Gasteiger partial charge in [-0.05, 0) is 41.8 Å². The van der Waals surface area contributed by atoms with Crippen LogP contribution in [0.1, 0.15) is 57.7 Å². The molecule has 1 atom stereocenters. The smallest absolute Gasteiger partial charge is 0.0661 e. The Morgan fingerprint density at radius 2 is 1.85 bits per heavy atom. The zero-order chi connectivity index (χ0) is 14.6. The highest BCUT2D eigenvalue weighted by Gasteiger charge is 2.22. The SMILES string of the molecule is CCNC(COCC1CC1)c1ccc(C(C)(C)C)cc1. The van der Waals surface area contributed by atoms with Crippen molar-refractivity contribution < 1.29 is 4.74 Å². The van der Waals surface area contributed by atoms with Crippen molar-refractivity contribution in [1.29, 1.82) is 0 Å². The van der Waals surface area contributed by atoms with E-state index in [9.17, 15) is 0 Å². The van der Waals surface area contributed by atoms with Gasteiger partial charge in [0.25, 0.3) is 0 Å². The van der Waals surface area contributed by atoms with Gasteiger partial charge in [0.1, 0.15) is 0 Å². The molecule has 1 aliphatic rings. The minimum atomic E-state index is 0.217. The number of benzene rings is 1. The van der Waals surface area contributed by atoms with E-state index in [0.29, 0.717) is 6.04 Å². The third-order valence-corrected chi connectivity index (χ3v) is 3.96. The summed E-state index contributed by atoms with van der Waals surface area (Å²) in [6, 6.07) is 9.30. The quantitative estimate of drug-likeness (QED) is 0.810. The summed E-state index contributed by atoms with van der Waals surface area (Å²) < 4.78 is 5.86. The predicted molar refractivity (Wildman–Crippen MR) is 85.1 cm³/mol. The third-order valence-electron chi connectivity index (χ3n) is 3.96. The molecule has 2 rings (SSSR count). The van der Waals surface area contributed by atoms with Crippen molar-refractivity contribution in [3.63, 3.8) is 0 Å². The molecule has 2 nitrogen and oxygen atoms in total. The second-order valence-corrected chi connectivity index (χ2v) is 6.96. The van der Waals surface area contributed by atoms with Crippen LogP contribution in [0.15, 0.2) is 24.3 Å². The molecule has 0 amide bonds. The van der Waals surface area contributed by atoms with Crippen LogP contribution in [0.25, 0.3) is 0 Å². The molecule has 0 radical (unpaired) electrons. The Hall–Kier alpha value is -0.860. The Morgan fingerprint density at radius 1 is 1.20 bits per heavy atom. The molecular formula is C18H29NO. The van der Waals surface area contributed by atoms with Crippen molar-refractivity contribution in [2.75, 3.05) is 19.8 Å². The van der Waals surface area contributed by atoms with E-state index in [1.165, 1.54) is 24.0 Å². The van der Waals surface area contributed by atoms with E-state index in [1.54, 1.807) is 0 Å². The van der Waals surface area contributed by atoms with Crippen LogP contribution in [0.2, 0.25) is 0 Å². The first-order chi connectivity index (χ1) is 9.50. The molecule has 20 heavy (non-hydrogen) atoms. The average Bonchev–Trinajstić information content (AvgIpc) is 3.21. The molecule has 2 heteroatoms. The van der Waals surface area contributed by atoms with Crippen LogP contribution in [0.5, 0.6) is 0 Å². The first kappa shape index (κ1) is 15.5. The lowest BCUT2D eigenvalue weighted by Crippen LogP contribution is -2.26. The maximum absolute atomic E-state index is 5.86. The standard InChI is InChI=1S/C18H29NO/c1-5-19-17(13-20-12-14-6-7-14)15-8-10-16(11-9-15)18(2,3)4/h8-11,14,17,19H,5-7,12-13H2,1-4H3. The predicted octanol–water partition coefficient (Wildman–Crippen LogP) is 4.06. The largest absolute Gasteiger partial charge is 0.379 e. The van der Waals surface area contributed by atoms with Gasteiger partial charge >= 0.3 is 0 Å². The van der Waals surface area contributed by atoms with E-state index < -0.39 is 0 Å². The first-order valence-corrected chi connectivity index (χ1v) is 7.92. The fraction of sp³-hybridized carbons (Fsp3) is 0.667. The second kappa shape index (κ2) is 6.73. The Bertz CT molecular complexity index is 400. The minimum Gasteiger partial charge on any atom is -0.379 e. The highest BCUT2D eigenvalue weighted by Crippen LogP contribution is 2.29. The lowest BCUT2D eigenvalue weighted by molar-refractivity contribution is 0.103. The van der Waals surface area contributed by atoms with Crippen molar-refractivity contribution in [2.24, 2.45) is 5.92 Å². The molecule has 0 aliphatic heterocycles. The summed E-state index contributed by atoms with van der Waals surface area (Å²) in [6.45, 7) is 11.6. The van der Waals surface area contributed by atoms with Gasteiger partial charge in [-0.25, -0.2) is 0 Å². The highest BCUT2D eigenvalue weighted by molar-refractivity contribution is 5.29. The van der Waals surface area contributed by atoms with Gasteiger partial charge in [-0.2, -0.15) is 0 Å². The fourth-order valence-electron chi connectivity index (χ4n) is 2.37. The zero-order valence-electron chi connectivity index (χ0n) is 13.4. The van der Waals surface area contributed by atoms with E-state index in [4.69, 9.17) is 4.74 Å². The number of hydrogen-bond donors (Lipinski definition) is 1. The molecule has 0 bridgehead atoms. The molecule has 1 aromatic rings. The second-order valence-electron chi connectivity index (χ2n) is 6.96. The van der Waals surface area contributed by atoms with Gasteiger partial charge in [-0.15, -0.1) is 0 Å². The van der Waals surface area contributed by atoms with Gasteiger partial charge in [0, 0.05) is 6.61 Å². The van der Waals surface area contributed by atoms with E-state index in [0.717, 1.165) is 25.7 Å². The Balaban J connectivity index is 1.96. The van der Waals surface area contributed by atoms with Crippen molar-refractivity contribution in [2.45, 2.75) is 52.0 Å². The number of ether oxygens (including phenoxy) is 1. The van der Waals surface area contributed by atoms with Gasteiger partial charge in [0.15, 0.2) is 0 Å². The highest BCUT2D eigenvalue weighted by atomic mass is 16.5. The Labute approximate surface area is 123 Å². The van der Waals surface area contributed by atoms with Crippen LogP contribution in [0.4, 0.5) is 0 Å². The fourth-order valence-corrected chi connectivity index (χ4v) is 2.37. The Kier molecular flexibility index (Phi) is 5.22. The molecule has 1 aliphatic carbocycles. The summed E-state index contributed by atoms with van der Waals surface area (Å²) in [7, 11) is 0. The molecule has 1 aromatic carbocycles. The Morgan fingerprint density at radius 3 is 2.35 bits per heavy atom. The summed E-state index contributed by atoms with van der Waals surface area (Å²) in [5, 5.41) is 3.53. The average molecular weight is 275 g/mol. The van der Waals surface area contributed by atoms with Crippen molar-refractivity contribution >= 4 is 0 Å². The zero-order valence-corrected chi connectivity index (χ0v) is 13.4. The molecule has 0 heterocycles. The van der Waals surface area contributed by atoms with E-state index in [-0.39, 0.29) is 5.41 Å². The molecule has 1 unspecified atom stereocenters. The number of rotatable bonds is 7. The molecule has 0 spiro atoms. The summed E-state index contributed by atoms with van der Waals surface area (Å²) >= 11 is 0. The van der Waals surface area contributed by atoms with Gasteiger partial charge < -0.3 is 10.1 Å². The normalized spacial score (nSPS) is 17.2. The van der Waals surface area contributed by atoms with E-state index >= 15 is 0 Å². The third kappa shape index (κ3) is 4.60. The van der Waals surface area contributed by atoms with E-state index in [2.05, 4.69) is 57.3 Å². The number of likely N-dealkylation sites (N-methyl/N-ethyl adjacent to an activating group) is 1. The van der Waals surface area contributed by atoms with Crippen LogP contribution in [-0.4, -0.2) is 19.8 Å².